The van der Waals surface area contributed by atoms with Crippen LogP contribution in [0.15, 0.2) is 91.5 Å². The third-order valence-corrected chi connectivity index (χ3v) is 5.32. The molecule has 0 aliphatic heterocycles. The Labute approximate surface area is 182 Å². The summed E-state index contributed by atoms with van der Waals surface area (Å²) in [5.74, 6) is -0.0195. The van der Waals surface area contributed by atoms with Gasteiger partial charge in [0.25, 0.3) is 0 Å². The lowest BCUT2D eigenvalue weighted by Gasteiger charge is -2.20. The van der Waals surface area contributed by atoms with Gasteiger partial charge < -0.3 is 10.6 Å². The molecule has 2 aromatic carbocycles. The van der Waals surface area contributed by atoms with Gasteiger partial charge in [-0.2, -0.15) is 0 Å². The number of pyridine rings is 2. The lowest BCUT2D eigenvalue weighted by atomic mass is 10.0. The SMILES string of the molecule is O=C(NCCc1cccnc1)C(NCCc1ccncc1)c1ccc2ccccc2c1. The summed E-state index contributed by atoms with van der Waals surface area (Å²) in [6.45, 7) is 1.26. The van der Waals surface area contributed by atoms with Gasteiger partial charge in [-0.15, -0.1) is 0 Å². The Morgan fingerprint density at radius 3 is 2.39 bits per heavy atom. The van der Waals surface area contributed by atoms with Gasteiger partial charge in [-0.1, -0.05) is 42.5 Å². The number of rotatable bonds is 9. The quantitative estimate of drug-likeness (QED) is 0.440. The molecule has 0 bridgehead atoms. The molecule has 1 atom stereocenters. The maximum absolute atomic E-state index is 13.1. The minimum Gasteiger partial charge on any atom is -0.354 e. The number of carbonyl (C=O) groups excluding carboxylic acids is 1. The summed E-state index contributed by atoms with van der Waals surface area (Å²) < 4.78 is 0. The highest BCUT2D eigenvalue weighted by Crippen LogP contribution is 2.21. The molecular formula is C26H26N4O. The van der Waals surface area contributed by atoms with E-state index in [9.17, 15) is 4.79 Å². The van der Waals surface area contributed by atoms with Gasteiger partial charge in [0, 0.05) is 37.9 Å². The van der Waals surface area contributed by atoms with Gasteiger partial charge in [0.2, 0.25) is 5.91 Å². The van der Waals surface area contributed by atoms with Crippen LogP contribution in [0.3, 0.4) is 0 Å². The molecule has 4 aromatic rings. The molecule has 5 heteroatoms. The van der Waals surface area contributed by atoms with Crippen molar-refractivity contribution in [2.45, 2.75) is 18.9 Å². The first-order valence-corrected chi connectivity index (χ1v) is 10.6. The number of amides is 1. The van der Waals surface area contributed by atoms with Gasteiger partial charge in [0.1, 0.15) is 6.04 Å². The Morgan fingerprint density at radius 2 is 1.58 bits per heavy atom. The number of aromatic nitrogens is 2. The van der Waals surface area contributed by atoms with Gasteiger partial charge in [0.15, 0.2) is 0 Å². The molecule has 31 heavy (non-hydrogen) atoms. The fraction of sp³-hybridized carbons (Fsp3) is 0.192. The van der Waals surface area contributed by atoms with Crippen molar-refractivity contribution in [1.82, 2.24) is 20.6 Å². The summed E-state index contributed by atoms with van der Waals surface area (Å²) in [6.07, 6.45) is 8.75. The Bertz CT molecular complexity index is 1120. The van der Waals surface area contributed by atoms with Crippen molar-refractivity contribution in [2.75, 3.05) is 13.1 Å². The molecule has 0 aliphatic rings. The number of carbonyl (C=O) groups is 1. The molecule has 2 aromatic heterocycles. The monoisotopic (exact) mass is 410 g/mol. The first-order chi connectivity index (χ1) is 15.3. The first-order valence-electron chi connectivity index (χ1n) is 10.6. The zero-order valence-electron chi connectivity index (χ0n) is 17.4. The number of nitrogens with zero attached hydrogens (tertiary/aromatic N) is 2. The zero-order chi connectivity index (χ0) is 21.3. The molecule has 1 amide bonds. The third-order valence-electron chi connectivity index (χ3n) is 5.32. The zero-order valence-corrected chi connectivity index (χ0v) is 17.4. The highest BCUT2D eigenvalue weighted by atomic mass is 16.2. The second-order valence-electron chi connectivity index (χ2n) is 7.50. The molecule has 0 aliphatic carbocycles. The van der Waals surface area contributed by atoms with Crippen LogP contribution in [0.1, 0.15) is 22.7 Å². The second-order valence-corrected chi connectivity index (χ2v) is 7.50. The van der Waals surface area contributed by atoms with E-state index in [-0.39, 0.29) is 5.91 Å². The van der Waals surface area contributed by atoms with E-state index in [1.54, 1.807) is 18.6 Å². The topological polar surface area (TPSA) is 66.9 Å². The van der Waals surface area contributed by atoms with Gasteiger partial charge >= 0.3 is 0 Å². The fourth-order valence-electron chi connectivity index (χ4n) is 3.64. The Balaban J connectivity index is 1.45. The summed E-state index contributed by atoms with van der Waals surface area (Å²) >= 11 is 0. The molecule has 5 nitrogen and oxygen atoms in total. The first kappa shape index (κ1) is 20.7. The number of hydrogen-bond donors (Lipinski definition) is 2. The Hall–Kier alpha value is -3.57. The van der Waals surface area contributed by atoms with Crippen molar-refractivity contribution in [1.29, 1.82) is 0 Å². The molecule has 156 valence electrons. The Morgan fingerprint density at radius 1 is 0.774 bits per heavy atom. The molecule has 2 N–H and O–H groups in total. The smallest absolute Gasteiger partial charge is 0.241 e. The van der Waals surface area contributed by atoms with E-state index in [0.717, 1.165) is 29.4 Å². The molecule has 1 unspecified atom stereocenters. The van der Waals surface area contributed by atoms with Gasteiger partial charge in [0.05, 0.1) is 0 Å². The largest absolute Gasteiger partial charge is 0.354 e. The van der Waals surface area contributed by atoms with Crippen molar-refractivity contribution in [3.05, 3.63) is 108 Å². The molecule has 0 saturated heterocycles. The predicted molar refractivity (Wildman–Crippen MR) is 124 cm³/mol. The lowest BCUT2D eigenvalue weighted by molar-refractivity contribution is -0.123. The van der Waals surface area contributed by atoms with E-state index in [0.29, 0.717) is 13.1 Å². The molecule has 0 spiro atoms. The maximum atomic E-state index is 13.1. The van der Waals surface area contributed by atoms with E-state index < -0.39 is 6.04 Å². The van der Waals surface area contributed by atoms with Crippen LogP contribution in [0, 0.1) is 0 Å². The summed E-state index contributed by atoms with van der Waals surface area (Å²) in [5.41, 5.74) is 3.26. The van der Waals surface area contributed by atoms with E-state index in [4.69, 9.17) is 0 Å². The van der Waals surface area contributed by atoms with Crippen LogP contribution in [0.4, 0.5) is 0 Å². The van der Waals surface area contributed by atoms with E-state index >= 15 is 0 Å². The molecule has 2 heterocycles. The normalized spacial score (nSPS) is 11.9. The summed E-state index contributed by atoms with van der Waals surface area (Å²) in [4.78, 5) is 21.3. The molecule has 4 rings (SSSR count). The summed E-state index contributed by atoms with van der Waals surface area (Å²) in [5, 5.41) is 8.83. The van der Waals surface area contributed by atoms with Crippen LogP contribution in [0.25, 0.3) is 10.8 Å². The number of fused-ring (bicyclic) bond motifs is 1. The van der Waals surface area contributed by atoms with Crippen LogP contribution in [0.2, 0.25) is 0 Å². The van der Waals surface area contributed by atoms with Gasteiger partial charge in [-0.3, -0.25) is 14.8 Å². The number of benzene rings is 2. The molecule has 0 saturated carbocycles. The number of hydrogen-bond acceptors (Lipinski definition) is 4. The minimum atomic E-state index is -0.416. The second kappa shape index (κ2) is 10.5. The van der Waals surface area contributed by atoms with Crippen LogP contribution >= 0.6 is 0 Å². The van der Waals surface area contributed by atoms with Crippen molar-refractivity contribution in [3.8, 4) is 0 Å². The van der Waals surface area contributed by atoms with E-state index in [1.165, 1.54) is 10.9 Å². The lowest BCUT2D eigenvalue weighted by Crippen LogP contribution is -2.39. The van der Waals surface area contributed by atoms with Gasteiger partial charge in [-0.25, -0.2) is 0 Å². The fourth-order valence-corrected chi connectivity index (χ4v) is 3.64. The highest BCUT2D eigenvalue weighted by Gasteiger charge is 2.20. The molecule has 0 fully saturated rings. The summed E-state index contributed by atoms with van der Waals surface area (Å²) in [6, 6.07) is 21.9. The average Bonchev–Trinajstić information content (AvgIpc) is 2.83. The van der Waals surface area contributed by atoms with Gasteiger partial charge in [-0.05, 0) is 64.6 Å². The van der Waals surface area contributed by atoms with Crippen molar-refractivity contribution < 1.29 is 4.79 Å². The summed E-state index contributed by atoms with van der Waals surface area (Å²) in [7, 11) is 0. The third kappa shape index (κ3) is 5.74. The van der Waals surface area contributed by atoms with Crippen molar-refractivity contribution in [2.24, 2.45) is 0 Å². The van der Waals surface area contributed by atoms with Crippen LogP contribution in [0.5, 0.6) is 0 Å². The standard InChI is InChI=1S/C26H26N4O/c31-26(30-17-12-21-4-3-13-28-19-21)25(29-16-11-20-9-14-27-15-10-20)24-8-7-22-5-1-2-6-23(22)18-24/h1-10,13-15,18-19,25,29H,11-12,16-17H2,(H,30,31). The highest BCUT2D eigenvalue weighted by molar-refractivity contribution is 5.87. The molecular weight excluding hydrogens is 384 g/mol. The maximum Gasteiger partial charge on any atom is 0.241 e. The van der Waals surface area contributed by atoms with E-state index in [2.05, 4.69) is 44.9 Å². The van der Waals surface area contributed by atoms with Crippen LogP contribution in [-0.4, -0.2) is 29.0 Å². The average molecular weight is 411 g/mol. The van der Waals surface area contributed by atoms with Crippen molar-refractivity contribution in [3.63, 3.8) is 0 Å². The van der Waals surface area contributed by atoms with Crippen LogP contribution < -0.4 is 10.6 Å². The van der Waals surface area contributed by atoms with Crippen LogP contribution in [-0.2, 0) is 17.6 Å². The predicted octanol–water partition coefficient (Wildman–Crippen LogP) is 3.86. The van der Waals surface area contributed by atoms with E-state index in [1.807, 2.05) is 48.7 Å². The molecule has 0 radical (unpaired) electrons. The minimum absolute atomic E-state index is 0.0195. The number of nitrogens with one attached hydrogen (secondary N) is 2. The van der Waals surface area contributed by atoms with Crippen molar-refractivity contribution >= 4 is 16.7 Å². The Kier molecular flexibility index (Phi) is 6.98.